The SMILES string of the molecule is CCN(Cc1ccc(Br)c([N+](=O)[O-])c1)c1ccccc1C. The molecular formula is C16H17BrN2O2. The summed E-state index contributed by atoms with van der Waals surface area (Å²) < 4.78 is 0.509. The minimum absolute atomic E-state index is 0.105. The molecule has 0 N–H and O–H groups in total. The van der Waals surface area contributed by atoms with Gasteiger partial charge in [0.2, 0.25) is 0 Å². The number of hydrogen-bond acceptors (Lipinski definition) is 3. The molecule has 0 amide bonds. The summed E-state index contributed by atoms with van der Waals surface area (Å²) in [5.41, 5.74) is 3.39. The molecule has 0 heterocycles. The van der Waals surface area contributed by atoms with Gasteiger partial charge in [-0.1, -0.05) is 24.3 Å². The molecule has 0 fully saturated rings. The molecule has 0 aromatic heterocycles. The molecule has 2 rings (SSSR count). The third-order valence-corrected chi connectivity index (χ3v) is 4.09. The lowest BCUT2D eigenvalue weighted by atomic mass is 10.1. The van der Waals surface area contributed by atoms with E-state index in [1.54, 1.807) is 12.1 Å². The molecule has 21 heavy (non-hydrogen) atoms. The van der Waals surface area contributed by atoms with Crippen molar-refractivity contribution in [2.45, 2.75) is 20.4 Å². The van der Waals surface area contributed by atoms with E-state index in [9.17, 15) is 10.1 Å². The summed E-state index contributed by atoms with van der Waals surface area (Å²) in [5.74, 6) is 0. The van der Waals surface area contributed by atoms with E-state index in [0.29, 0.717) is 11.0 Å². The van der Waals surface area contributed by atoms with Gasteiger partial charge in [0.15, 0.2) is 0 Å². The molecule has 0 aliphatic rings. The average molecular weight is 349 g/mol. The first-order valence-electron chi connectivity index (χ1n) is 6.76. The van der Waals surface area contributed by atoms with Crippen LogP contribution in [0.2, 0.25) is 0 Å². The number of nitro groups is 1. The molecule has 0 unspecified atom stereocenters. The lowest BCUT2D eigenvalue weighted by Gasteiger charge is -2.25. The van der Waals surface area contributed by atoms with Gasteiger partial charge < -0.3 is 4.90 Å². The van der Waals surface area contributed by atoms with E-state index >= 15 is 0 Å². The summed E-state index contributed by atoms with van der Waals surface area (Å²) in [7, 11) is 0. The Balaban J connectivity index is 2.29. The second-order valence-electron chi connectivity index (χ2n) is 4.84. The average Bonchev–Trinajstić information content (AvgIpc) is 2.47. The van der Waals surface area contributed by atoms with Crippen LogP contribution in [0.4, 0.5) is 11.4 Å². The normalized spacial score (nSPS) is 10.4. The summed E-state index contributed by atoms with van der Waals surface area (Å²) >= 11 is 3.22. The van der Waals surface area contributed by atoms with E-state index in [-0.39, 0.29) is 10.6 Å². The Hall–Kier alpha value is -1.88. The predicted molar refractivity (Wildman–Crippen MR) is 88.7 cm³/mol. The van der Waals surface area contributed by atoms with Crippen LogP contribution in [0.1, 0.15) is 18.1 Å². The van der Waals surface area contributed by atoms with Gasteiger partial charge in [-0.3, -0.25) is 10.1 Å². The number of aryl methyl sites for hydroxylation is 1. The van der Waals surface area contributed by atoms with Crippen molar-refractivity contribution in [2.24, 2.45) is 0 Å². The third kappa shape index (κ3) is 3.61. The maximum Gasteiger partial charge on any atom is 0.283 e. The number of rotatable bonds is 5. The van der Waals surface area contributed by atoms with Gasteiger partial charge in [-0.2, -0.15) is 0 Å². The highest BCUT2D eigenvalue weighted by Crippen LogP contribution is 2.27. The summed E-state index contributed by atoms with van der Waals surface area (Å²) in [6.45, 7) is 5.64. The van der Waals surface area contributed by atoms with Crippen molar-refractivity contribution in [3.8, 4) is 0 Å². The van der Waals surface area contributed by atoms with Gasteiger partial charge in [0.05, 0.1) is 9.40 Å². The lowest BCUT2D eigenvalue weighted by molar-refractivity contribution is -0.385. The van der Waals surface area contributed by atoms with Crippen molar-refractivity contribution in [1.29, 1.82) is 0 Å². The first kappa shape index (κ1) is 15.5. The highest BCUT2D eigenvalue weighted by atomic mass is 79.9. The van der Waals surface area contributed by atoms with Crippen molar-refractivity contribution in [2.75, 3.05) is 11.4 Å². The highest BCUT2D eigenvalue weighted by molar-refractivity contribution is 9.10. The number of halogens is 1. The zero-order valence-electron chi connectivity index (χ0n) is 12.0. The predicted octanol–water partition coefficient (Wildman–Crippen LogP) is 4.69. The van der Waals surface area contributed by atoms with Crippen molar-refractivity contribution < 1.29 is 4.92 Å². The lowest BCUT2D eigenvalue weighted by Crippen LogP contribution is -2.22. The largest absolute Gasteiger partial charge is 0.367 e. The molecule has 0 bridgehead atoms. The Labute approximate surface area is 132 Å². The molecule has 0 radical (unpaired) electrons. The Morgan fingerprint density at radius 3 is 2.57 bits per heavy atom. The van der Waals surface area contributed by atoms with Crippen LogP contribution >= 0.6 is 15.9 Å². The van der Waals surface area contributed by atoms with Crippen LogP contribution in [0.3, 0.4) is 0 Å². The van der Waals surface area contributed by atoms with Crippen LogP contribution in [-0.2, 0) is 6.54 Å². The van der Waals surface area contributed by atoms with Gasteiger partial charge >= 0.3 is 0 Å². The molecule has 5 heteroatoms. The topological polar surface area (TPSA) is 46.4 Å². The summed E-state index contributed by atoms with van der Waals surface area (Å²) in [6.07, 6.45) is 0. The maximum atomic E-state index is 11.0. The fourth-order valence-corrected chi connectivity index (χ4v) is 2.69. The van der Waals surface area contributed by atoms with Crippen molar-refractivity contribution >= 4 is 27.3 Å². The van der Waals surface area contributed by atoms with E-state index in [1.807, 2.05) is 18.2 Å². The fourth-order valence-electron chi connectivity index (χ4n) is 2.30. The van der Waals surface area contributed by atoms with Crippen LogP contribution in [0.5, 0.6) is 0 Å². The Kier molecular flexibility index (Phi) is 4.96. The standard InChI is InChI=1S/C16H17BrN2O2/c1-3-18(15-7-5-4-6-12(15)2)11-13-8-9-14(17)16(10-13)19(20)21/h4-10H,3,11H2,1-2H3. The van der Waals surface area contributed by atoms with Gasteiger partial charge in [0.1, 0.15) is 0 Å². The van der Waals surface area contributed by atoms with Gasteiger partial charge in [-0.25, -0.2) is 0 Å². The molecule has 0 atom stereocenters. The molecule has 110 valence electrons. The van der Waals surface area contributed by atoms with Gasteiger partial charge in [-0.15, -0.1) is 0 Å². The van der Waals surface area contributed by atoms with Crippen LogP contribution in [0.25, 0.3) is 0 Å². The molecule has 0 saturated heterocycles. The first-order chi connectivity index (χ1) is 10.0. The zero-order valence-corrected chi connectivity index (χ0v) is 13.6. The number of benzene rings is 2. The Bertz CT molecular complexity index is 658. The van der Waals surface area contributed by atoms with E-state index in [1.165, 1.54) is 5.56 Å². The first-order valence-corrected chi connectivity index (χ1v) is 7.55. The molecule has 2 aromatic carbocycles. The second-order valence-corrected chi connectivity index (χ2v) is 5.70. The van der Waals surface area contributed by atoms with Crippen molar-refractivity contribution in [3.63, 3.8) is 0 Å². The molecular weight excluding hydrogens is 332 g/mol. The van der Waals surface area contributed by atoms with Crippen LogP contribution in [0, 0.1) is 17.0 Å². The van der Waals surface area contributed by atoms with E-state index in [4.69, 9.17) is 0 Å². The van der Waals surface area contributed by atoms with Gasteiger partial charge in [0, 0.05) is 24.8 Å². The highest BCUT2D eigenvalue weighted by Gasteiger charge is 2.14. The Morgan fingerprint density at radius 2 is 1.95 bits per heavy atom. The Morgan fingerprint density at radius 1 is 1.24 bits per heavy atom. The number of anilines is 1. The summed E-state index contributed by atoms with van der Waals surface area (Å²) in [4.78, 5) is 12.9. The fraction of sp³-hybridized carbons (Fsp3) is 0.250. The van der Waals surface area contributed by atoms with Crippen LogP contribution in [0.15, 0.2) is 46.9 Å². The summed E-state index contributed by atoms with van der Waals surface area (Å²) in [5, 5.41) is 11.0. The number of nitro benzene ring substituents is 1. The number of nitrogens with zero attached hydrogens (tertiary/aromatic N) is 2. The maximum absolute atomic E-state index is 11.0. The summed E-state index contributed by atoms with van der Waals surface area (Å²) in [6, 6.07) is 13.4. The monoisotopic (exact) mass is 348 g/mol. The quantitative estimate of drug-likeness (QED) is 0.581. The minimum Gasteiger partial charge on any atom is -0.367 e. The molecule has 0 saturated carbocycles. The molecule has 0 aliphatic carbocycles. The number of para-hydroxylation sites is 1. The van der Waals surface area contributed by atoms with E-state index < -0.39 is 0 Å². The van der Waals surface area contributed by atoms with Gasteiger partial charge in [0.25, 0.3) is 5.69 Å². The second kappa shape index (κ2) is 6.72. The van der Waals surface area contributed by atoms with Gasteiger partial charge in [-0.05, 0) is 53.0 Å². The van der Waals surface area contributed by atoms with Crippen LogP contribution in [-0.4, -0.2) is 11.5 Å². The molecule has 2 aromatic rings. The smallest absolute Gasteiger partial charge is 0.283 e. The van der Waals surface area contributed by atoms with Crippen LogP contribution < -0.4 is 4.90 Å². The third-order valence-electron chi connectivity index (χ3n) is 3.42. The minimum atomic E-state index is -0.363. The zero-order chi connectivity index (χ0) is 15.4. The van der Waals surface area contributed by atoms with Crippen molar-refractivity contribution in [1.82, 2.24) is 0 Å². The van der Waals surface area contributed by atoms with E-state index in [2.05, 4.69) is 46.8 Å². The number of hydrogen-bond donors (Lipinski definition) is 0. The molecule has 4 nitrogen and oxygen atoms in total. The molecule has 0 aliphatic heterocycles. The van der Waals surface area contributed by atoms with E-state index in [0.717, 1.165) is 17.8 Å². The van der Waals surface area contributed by atoms with Crippen molar-refractivity contribution in [3.05, 3.63) is 68.2 Å². The molecule has 0 spiro atoms.